The van der Waals surface area contributed by atoms with Crippen molar-refractivity contribution in [2.75, 3.05) is 50.0 Å². The highest BCUT2D eigenvalue weighted by Crippen LogP contribution is 2.37. The van der Waals surface area contributed by atoms with Crippen molar-refractivity contribution < 1.29 is 22.8 Å². The molecule has 28 heavy (non-hydrogen) atoms. The molecule has 1 heterocycles. The molecule has 1 aromatic carbocycles. The molecule has 0 spiro atoms. The molecule has 6 nitrogen and oxygen atoms in total. The minimum absolute atomic E-state index is 0.263. The number of halogens is 3. The second-order valence-corrected chi connectivity index (χ2v) is 7.09. The highest BCUT2D eigenvalue weighted by molar-refractivity contribution is 5.95. The molecule has 1 fully saturated rings. The van der Waals surface area contributed by atoms with E-state index in [1.807, 2.05) is 18.9 Å². The normalized spacial score (nSPS) is 16.6. The van der Waals surface area contributed by atoms with Crippen LogP contribution in [0.25, 0.3) is 0 Å². The summed E-state index contributed by atoms with van der Waals surface area (Å²) in [5.41, 5.74) is -0.734. The van der Waals surface area contributed by atoms with Crippen molar-refractivity contribution in [3.05, 3.63) is 23.8 Å². The van der Waals surface area contributed by atoms with E-state index in [0.717, 1.165) is 19.2 Å². The summed E-state index contributed by atoms with van der Waals surface area (Å²) in [6.07, 6.45) is -4.00. The van der Waals surface area contributed by atoms with E-state index in [1.165, 1.54) is 6.07 Å². The van der Waals surface area contributed by atoms with Gasteiger partial charge in [0, 0.05) is 37.8 Å². The summed E-state index contributed by atoms with van der Waals surface area (Å²) in [5.74, 6) is -1.27. The van der Waals surface area contributed by atoms with Gasteiger partial charge in [0.2, 0.25) is 11.8 Å². The molecule has 0 saturated carbocycles. The first-order valence-electron chi connectivity index (χ1n) is 9.34. The summed E-state index contributed by atoms with van der Waals surface area (Å²) in [5, 5.41) is 4.70. The lowest BCUT2D eigenvalue weighted by Gasteiger charge is -2.34. The van der Waals surface area contributed by atoms with Crippen LogP contribution in [0, 0.1) is 5.92 Å². The van der Waals surface area contributed by atoms with Gasteiger partial charge in [0.15, 0.2) is 0 Å². The van der Waals surface area contributed by atoms with Crippen molar-refractivity contribution in [1.29, 1.82) is 0 Å². The van der Waals surface area contributed by atoms with E-state index in [0.29, 0.717) is 25.2 Å². The zero-order valence-electron chi connectivity index (χ0n) is 16.4. The van der Waals surface area contributed by atoms with E-state index in [9.17, 15) is 22.8 Å². The van der Waals surface area contributed by atoms with Gasteiger partial charge in [-0.05, 0) is 31.7 Å². The third-order valence-electron chi connectivity index (χ3n) is 4.93. The summed E-state index contributed by atoms with van der Waals surface area (Å²) in [6.45, 7) is 6.00. The summed E-state index contributed by atoms with van der Waals surface area (Å²) in [6, 6.07) is 3.91. The summed E-state index contributed by atoms with van der Waals surface area (Å²) >= 11 is 0. The smallest absolute Gasteiger partial charge is 0.369 e. The first kappa shape index (κ1) is 22.0. The predicted molar refractivity (Wildman–Crippen MR) is 102 cm³/mol. The summed E-state index contributed by atoms with van der Waals surface area (Å²) < 4.78 is 40.6. The van der Waals surface area contributed by atoms with Gasteiger partial charge >= 0.3 is 6.18 Å². The third kappa shape index (κ3) is 5.85. The Kier molecular flexibility index (Phi) is 7.29. The molecule has 1 saturated heterocycles. The van der Waals surface area contributed by atoms with Crippen LogP contribution in [0.1, 0.15) is 25.8 Å². The molecule has 1 atom stereocenters. The number of nitrogens with one attached hydrogen (secondary N) is 2. The molecular weight excluding hydrogens is 373 g/mol. The number of benzene rings is 1. The Hall–Kier alpha value is -2.29. The third-order valence-corrected chi connectivity index (χ3v) is 4.93. The zero-order valence-corrected chi connectivity index (χ0v) is 16.4. The maximum Gasteiger partial charge on any atom is 0.418 e. The Balaban J connectivity index is 2.11. The van der Waals surface area contributed by atoms with Crippen LogP contribution in [0.5, 0.6) is 0 Å². The Bertz CT molecular complexity index is 701. The maximum absolute atomic E-state index is 13.5. The van der Waals surface area contributed by atoms with E-state index in [2.05, 4.69) is 15.5 Å². The van der Waals surface area contributed by atoms with Gasteiger partial charge in [0.25, 0.3) is 0 Å². The fraction of sp³-hybridized carbons (Fsp3) is 0.579. The molecule has 1 unspecified atom stereocenters. The van der Waals surface area contributed by atoms with E-state index in [-0.39, 0.29) is 24.1 Å². The minimum atomic E-state index is -4.61. The molecule has 2 rings (SSSR count). The van der Waals surface area contributed by atoms with Gasteiger partial charge in [-0.1, -0.05) is 13.8 Å². The second kappa shape index (κ2) is 9.27. The van der Waals surface area contributed by atoms with Gasteiger partial charge in [-0.25, -0.2) is 0 Å². The largest absolute Gasteiger partial charge is 0.418 e. The molecule has 9 heteroatoms. The van der Waals surface area contributed by atoms with E-state index in [4.69, 9.17) is 0 Å². The van der Waals surface area contributed by atoms with Gasteiger partial charge in [0.05, 0.1) is 17.8 Å². The van der Waals surface area contributed by atoms with Crippen LogP contribution in [0.15, 0.2) is 18.2 Å². The van der Waals surface area contributed by atoms with Gasteiger partial charge in [-0.3, -0.25) is 9.59 Å². The molecular formula is C19H27F3N4O2. The van der Waals surface area contributed by atoms with Crippen molar-refractivity contribution in [3.8, 4) is 0 Å². The highest BCUT2D eigenvalue weighted by atomic mass is 19.4. The molecule has 156 valence electrons. The van der Waals surface area contributed by atoms with E-state index < -0.39 is 17.6 Å². The van der Waals surface area contributed by atoms with Crippen molar-refractivity contribution in [2.45, 2.75) is 26.4 Å². The van der Waals surface area contributed by atoms with Crippen LogP contribution >= 0.6 is 0 Å². The molecule has 1 aliphatic heterocycles. The molecule has 2 N–H and O–H groups in total. The molecule has 0 aromatic heterocycles. The van der Waals surface area contributed by atoms with Crippen LogP contribution in [-0.2, 0) is 15.8 Å². The lowest BCUT2D eigenvalue weighted by molar-refractivity contribution is -0.137. The minimum Gasteiger partial charge on any atom is -0.369 e. The fourth-order valence-corrected chi connectivity index (χ4v) is 2.86. The molecule has 2 amide bonds. The van der Waals surface area contributed by atoms with Crippen LogP contribution in [-0.4, -0.2) is 56.5 Å². The van der Waals surface area contributed by atoms with Crippen LogP contribution in [0.3, 0.4) is 0 Å². The number of carbonyl (C=O) groups is 2. The number of hydrogen-bond donors (Lipinski definition) is 2. The number of carbonyl (C=O) groups excluding carboxylic acids is 2. The molecule has 0 bridgehead atoms. The van der Waals surface area contributed by atoms with Crippen LogP contribution in [0.4, 0.5) is 24.5 Å². The number of nitrogens with zero attached hydrogens (tertiary/aromatic N) is 2. The average Bonchev–Trinajstić information content (AvgIpc) is 2.65. The monoisotopic (exact) mass is 400 g/mol. The Morgan fingerprint density at radius 3 is 2.39 bits per heavy atom. The molecule has 1 aliphatic rings. The van der Waals surface area contributed by atoms with Gasteiger partial charge in [-0.2, -0.15) is 13.2 Å². The number of amides is 2. The number of hydrogen-bond acceptors (Lipinski definition) is 4. The first-order chi connectivity index (χ1) is 13.1. The first-order valence-corrected chi connectivity index (χ1v) is 9.34. The van der Waals surface area contributed by atoms with Gasteiger partial charge in [-0.15, -0.1) is 0 Å². The quantitative estimate of drug-likeness (QED) is 0.770. The van der Waals surface area contributed by atoms with Crippen molar-refractivity contribution in [3.63, 3.8) is 0 Å². The topological polar surface area (TPSA) is 64.7 Å². The van der Waals surface area contributed by atoms with E-state index >= 15 is 0 Å². The molecule has 0 aliphatic carbocycles. The van der Waals surface area contributed by atoms with Crippen molar-refractivity contribution in [2.24, 2.45) is 5.92 Å². The highest BCUT2D eigenvalue weighted by Gasteiger charge is 2.35. The lowest BCUT2D eigenvalue weighted by Crippen LogP contribution is -2.44. The summed E-state index contributed by atoms with van der Waals surface area (Å²) in [4.78, 5) is 27.8. The molecule has 1 aromatic rings. The number of alkyl halides is 3. The number of piperazine rings is 1. The maximum atomic E-state index is 13.5. The van der Waals surface area contributed by atoms with Crippen LogP contribution < -0.4 is 15.5 Å². The number of likely N-dealkylation sites (N-methyl/N-ethyl adjacent to an activating group) is 1. The van der Waals surface area contributed by atoms with Gasteiger partial charge in [0.1, 0.15) is 0 Å². The van der Waals surface area contributed by atoms with Gasteiger partial charge < -0.3 is 20.4 Å². The standard InChI is InChI=1S/C19H27F3N4O2/c1-4-13(2)18(28)23-12-17(27)24-16-6-5-14(11-15(16)19(20,21)22)26-9-7-25(3)8-10-26/h5-6,11,13H,4,7-10,12H2,1-3H3,(H,23,28)(H,24,27). The fourth-order valence-electron chi connectivity index (χ4n) is 2.86. The molecule has 0 radical (unpaired) electrons. The van der Waals surface area contributed by atoms with Crippen LogP contribution in [0.2, 0.25) is 0 Å². The number of rotatable bonds is 6. The zero-order chi connectivity index (χ0) is 20.9. The number of anilines is 2. The van der Waals surface area contributed by atoms with Crippen molar-refractivity contribution in [1.82, 2.24) is 10.2 Å². The Morgan fingerprint density at radius 1 is 1.18 bits per heavy atom. The Morgan fingerprint density at radius 2 is 1.82 bits per heavy atom. The van der Waals surface area contributed by atoms with Crippen molar-refractivity contribution >= 4 is 23.2 Å². The Labute approximate surface area is 163 Å². The lowest BCUT2D eigenvalue weighted by atomic mass is 10.1. The van der Waals surface area contributed by atoms with E-state index in [1.54, 1.807) is 13.0 Å². The second-order valence-electron chi connectivity index (χ2n) is 7.09. The predicted octanol–water partition coefficient (Wildman–Crippen LogP) is 2.56. The summed E-state index contributed by atoms with van der Waals surface area (Å²) in [7, 11) is 1.97. The SMILES string of the molecule is CCC(C)C(=O)NCC(=O)Nc1ccc(N2CCN(C)CC2)cc1C(F)(F)F. The average molecular weight is 400 g/mol.